The van der Waals surface area contributed by atoms with E-state index in [0.717, 1.165) is 0 Å². The van der Waals surface area contributed by atoms with Gasteiger partial charge in [-0.25, -0.2) is 0 Å². The number of amides is 1. The van der Waals surface area contributed by atoms with E-state index >= 15 is 0 Å². The molecule has 14 heavy (non-hydrogen) atoms. The van der Waals surface area contributed by atoms with Crippen molar-refractivity contribution in [3.63, 3.8) is 0 Å². The van der Waals surface area contributed by atoms with Crippen LogP contribution >= 0.6 is 0 Å². The molecule has 6 heteroatoms. The molecule has 1 amide bonds. The highest BCUT2D eigenvalue weighted by molar-refractivity contribution is 5.73. The van der Waals surface area contributed by atoms with Crippen molar-refractivity contribution in [3.8, 4) is 0 Å². The fourth-order valence-corrected chi connectivity index (χ4v) is 1.45. The first-order valence-electron chi connectivity index (χ1n) is 4.44. The van der Waals surface area contributed by atoms with Crippen LogP contribution in [-0.2, 0) is 9.53 Å². The Morgan fingerprint density at radius 1 is 1.57 bits per heavy atom. The number of ether oxygens (including phenoxy) is 1. The Labute approximate surface area is 81.5 Å². The van der Waals surface area contributed by atoms with E-state index in [-0.39, 0.29) is 18.9 Å². The molecule has 0 aromatic rings. The summed E-state index contributed by atoms with van der Waals surface area (Å²) >= 11 is 0. The van der Waals surface area contributed by atoms with Crippen molar-refractivity contribution in [3.05, 3.63) is 0 Å². The molecule has 4 atom stereocenters. The van der Waals surface area contributed by atoms with Gasteiger partial charge in [-0.1, -0.05) is 0 Å². The van der Waals surface area contributed by atoms with Crippen LogP contribution in [0.15, 0.2) is 0 Å². The van der Waals surface area contributed by atoms with E-state index in [9.17, 15) is 15.0 Å². The summed E-state index contributed by atoms with van der Waals surface area (Å²) in [6.07, 6.45) is -2.67. The summed E-state index contributed by atoms with van der Waals surface area (Å²) in [6.45, 7) is 0.961. The molecule has 1 aliphatic heterocycles. The van der Waals surface area contributed by atoms with Gasteiger partial charge in [0.15, 0.2) is 6.29 Å². The molecular formula is C8H15NO5. The highest BCUT2D eigenvalue weighted by atomic mass is 16.6. The lowest BCUT2D eigenvalue weighted by Crippen LogP contribution is -2.55. The zero-order valence-electron chi connectivity index (χ0n) is 7.88. The van der Waals surface area contributed by atoms with Gasteiger partial charge in [-0.15, -0.1) is 0 Å². The SMILES string of the molecule is CC(=O)N[C@@H]1C[C@H](O)[C@@H](CO)OC1O. The molecule has 1 aliphatic rings. The monoisotopic (exact) mass is 205 g/mol. The molecule has 0 spiro atoms. The van der Waals surface area contributed by atoms with Gasteiger partial charge in [0, 0.05) is 13.3 Å². The quantitative estimate of drug-likeness (QED) is 0.416. The van der Waals surface area contributed by atoms with Crippen LogP contribution < -0.4 is 5.32 Å². The number of carbonyl (C=O) groups is 1. The van der Waals surface area contributed by atoms with E-state index in [1.165, 1.54) is 6.92 Å². The van der Waals surface area contributed by atoms with E-state index < -0.39 is 24.5 Å². The second-order valence-corrected chi connectivity index (χ2v) is 3.36. The Kier molecular flexibility index (Phi) is 3.82. The molecule has 4 N–H and O–H groups in total. The average molecular weight is 205 g/mol. The number of hydrogen-bond acceptors (Lipinski definition) is 5. The van der Waals surface area contributed by atoms with Gasteiger partial charge in [0.05, 0.1) is 18.8 Å². The minimum absolute atomic E-state index is 0.173. The molecule has 0 bridgehead atoms. The van der Waals surface area contributed by atoms with Crippen molar-refractivity contribution < 1.29 is 24.9 Å². The highest BCUT2D eigenvalue weighted by Gasteiger charge is 2.36. The first kappa shape index (κ1) is 11.4. The van der Waals surface area contributed by atoms with Crippen molar-refractivity contribution in [2.24, 2.45) is 0 Å². The third-order valence-electron chi connectivity index (χ3n) is 2.15. The van der Waals surface area contributed by atoms with Crippen molar-refractivity contribution in [1.82, 2.24) is 5.32 Å². The van der Waals surface area contributed by atoms with Crippen molar-refractivity contribution >= 4 is 5.91 Å². The predicted octanol–water partition coefficient (Wildman–Crippen LogP) is -2.05. The lowest BCUT2D eigenvalue weighted by Gasteiger charge is -2.36. The topological polar surface area (TPSA) is 99.0 Å². The summed E-state index contributed by atoms with van der Waals surface area (Å²) in [5.41, 5.74) is 0. The summed E-state index contributed by atoms with van der Waals surface area (Å²) in [5.74, 6) is -0.299. The van der Waals surface area contributed by atoms with Gasteiger partial charge in [0.1, 0.15) is 6.10 Å². The Morgan fingerprint density at radius 2 is 2.21 bits per heavy atom. The summed E-state index contributed by atoms with van der Waals surface area (Å²) in [6, 6.07) is -0.620. The van der Waals surface area contributed by atoms with Crippen LogP contribution in [0.25, 0.3) is 0 Å². The highest BCUT2D eigenvalue weighted by Crippen LogP contribution is 2.18. The van der Waals surface area contributed by atoms with E-state index in [1.54, 1.807) is 0 Å². The zero-order chi connectivity index (χ0) is 10.7. The zero-order valence-corrected chi connectivity index (χ0v) is 7.88. The summed E-state index contributed by atoms with van der Waals surface area (Å²) < 4.78 is 4.90. The molecule has 0 aromatic carbocycles. The van der Waals surface area contributed by atoms with Gasteiger partial charge < -0.3 is 25.4 Å². The Morgan fingerprint density at radius 3 is 2.71 bits per heavy atom. The van der Waals surface area contributed by atoms with Crippen LogP contribution in [0, 0.1) is 0 Å². The predicted molar refractivity (Wildman–Crippen MR) is 46.2 cm³/mol. The standard InChI is InChI=1S/C8H15NO5/c1-4(11)9-5-2-6(12)7(3-10)14-8(5)13/h5-8,10,12-13H,2-3H2,1H3,(H,9,11)/t5-,6+,7-,8?/m1/s1. The third kappa shape index (κ3) is 2.65. The molecule has 0 aliphatic carbocycles. The maximum absolute atomic E-state index is 10.7. The van der Waals surface area contributed by atoms with E-state index in [2.05, 4.69) is 5.32 Å². The van der Waals surface area contributed by atoms with E-state index in [4.69, 9.17) is 9.84 Å². The van der Waals surface area contributed by atoms with Gasteiger partial charge in [0.25, 0.3) is 0 Å². The number of aliphatic hydroxyl groups is 3. The number of aliphatic hydroxyl groups excluding tert-OH is 3. The van der Waals surface area contributed by atoms with E-state index in [1.807, 2.05) is 0 Å². The molecule has 0 saturated carbocycles. The largest absolute Gasteiger partial charge is 0.394 e. The van der Waals surface area contributed by atoms with Crippen LogP contribution in [0.1, 0.15) is 13.3 Å². The molecule has 1 rings (SSSR count). The first-order valence-corrected chi connectivity index (χ1v) is 4.44. The number of hydrogen-bond donors (Lipinski definition) is 4. The Balaban J connectivity index is 2.52. The molecule has 6 nitrogen and oxygen atoms in total. The molecule has 1 unspecified atom stereocenters. The van der Waals surface area contributed by atoms with Crippen LogP contribution in [0.4, 0.5) is 0 Å². The summed E-state index contributed by atoms with van der Waals surface area (Å²) in [4.78, 5) is 10.7. The maximum Gasteiger partial charge on any atom is 0.217 e. The third-order valence-corrected chi connectivity index (χ3v) is 2.15. The van der Waals surface area contributed by atoms with Crippen molar-refractivity contribution in [2.45, 2.75) is 37.9 Å². The van der Waals surface area contributed by atoms with Crippen LogP contribution in [0.5, 0.6) is 0 Å². The summed E-state index contributed by atoms with van der Waals surface area (Å²) in [7, 11) is 0. The van der Waals surface area contributed by atoms with Crippen molar-refractivity contribution in [2.75, 3.05) is 6.61 Å². The second-order valence-electron chi connectivity index (χ2n) is 3.36. The van der Waals surface area contributed by atoms with Gasteiger partial charge >= 0.3 is 0 Å². The average Bonchev–Trinajstić information content (AvgIpc) is 2.10. The number of nitrogens with one attached hydrogen (secondary N) is 1. The number of rotatable bonds is 2. The summed E-state index contributed by atoms with van der Waals surface area (Å²) in [5, 5.41) is 30.0. The molecule has 1 fully saturated rings. The fraction of sp³-hybridized carbons (Fsp3) is 0.875. The van der Waals surface area contributed by atoms with Gasteiger partial charge in [-0.3, -0.25) is 4.79 Å². The van der Waals surface area contributed by atoms with Crippen LogP contribution in [0.3, 0.4) is 0 Å². The molecule has 1 saturated heterocycles. The smallest absolute Gasteiger partial charge is 0.217 e. The molecule has 1 heterocycles. The minimum Gasteiger partial charge on any atom is -0.394 e. The lowest BCUT2D eigenvalue weighted by molar-refractivity contribution is -0.221. The molecule has 0 aromatic heterocycles. The fourth-order valence-electron chi connectivity index (χ4n) is 1.45. The lowest BCUT2D eigenvalue weighted by atomic mass is 10.0. The maximum atomic E-state index is 10.7. The number of carbonyl (C=O) groups excluding carboxylic acids is 1. The van der Waals surface area contributed by atoms with Gasteiger partial charge in [0.2, 0.25) is 5.91 Å². The Bertz CT molecular complexity index is 210. The first-order chi connectivity index (χ1) is 6.54. The van der Waals surface area contributed by atoms with Crippen LogP contribution in [0.2, 0.25) is 0 Å². The van der Waals surface area contributed by atoms with Crippen LogP contribution in [-0.4, -0.2) is 52.4 Å². The Hall–Kier alpha value is -0.690. The van der Waals surface area contributed by atoms with Gasteiger partial charge in [-0.2, -0.15) is 0 Å². The molecule has 82 valence electrons. The minimum atomic E-state index is -1.18. The molecular weight excluding hydrogens is 190 g/mol. The van der Waals surface area contributed by atoms with Gasteiger partial charge in [-0.05, 0) is 0 Å². The van der Waals surface area contributed by atoms with Crippen molar-refractivity contribution in [1.29, 1.82) is 0 Å². The molecule has 0 radical (unpaired) electrons. The normalized spacial score (nSPS) is 38.0. The second kappa shape index (κ2) is 4.70. The van der Waals surface area contributed by atoms with E-state index in [0.29, 0.717) is 0 Å².